The molecule has 0 aliphatic heterocycles. The number of ether oxygens (including phenoxy) is 2. The van der Waals surface area contributed by atoms with E-state index in [-0.39, 0.29) is 36.1 Å². The number of anilines is 2. The molecule has 1 heterocycles. The molecule has 4 fully saturated rings. The van der Waals surface area contributed by atoms with Crippen molar-refractivity contribution < 1.29 is 19.1 Å². The van der Waals surface area contributed by atoms with Gasteiger partial charge >= 0.3 is 11.7 Å². The second-order valence-electron chi connectivity index (χ2n) is 11.1. The Morgan fingerprint density at radius 3 is 2.47 bits per heavy atom. The Morgan fingerprint density at radius 1 is 1.16 bits per heavy atom. The highest BCUT2D eigenvalue weighted by Crippen LogP contribution is 2.64. The largest absolute Gasteiger partial charge is 0.455 e. The normalized spacial score (nSPS) is 27.3. The van der Waals surface area contributed by atoms with E-state index in [0.29, 0.717) is 18.3 Å². The number of methoxy groups -OCH3 is 1. The number of benzene rings is 1. The van der Waals surface area contributed by atoms with Gasteiger partial charge in [0.15, 0.2) is 12.3 Å². The fourth-order valence-corrected chi connectivity index (χ4v) is 7.75. The molecule has 2 atom stereocenters. The van der Waals surface area contributed by atoms with Gasteiger partial charge in [-0.1, -0.05) is 30.3 Å². The molecule has 0 unspecified atom stereocenters. The van der Waals surface area contributed by atoms with Gasteiger partial charge in [-0.05, 0) is 55.9 Å². The van der Waals surface area contributed by atoms with E-state index in [1.54, 1.807) is 0 Å². The van der Waals surface area contributed by atoms with Gasteiger partial charge in [0.05, 0.1) is 18.6 Å². The number of H-pyrrole nitrogens is 1. The number of hydrogen-bond donors (Lipinski definition) is 2. The predicted molar refractivity (Wildman–Crippen MR) is 142 cm³/mol. The van der Waals surface area contributed by atoms with Crippen LogP contribution in [0, 0.1) is 17.3 Å². The molecule has 2 aromatic rings. The summed E-state index contributed by atoms with van der Waals surface area (Å²) in [5.41, 5.74) is 4.74. The monoisotopic (exact) mass is 544 g/mol. The number of hydrogen-bond acceptors (Lipinski definition) is 7. The van der Waals surface area contributed by atoms with Gasteiger partial charge in [-0.25, -0.2) is 4.79 Å². The number of carbonyl (C=O) groups excluding carboxylic acids is 2. The van der Waals surface area contributed by atoms with Crippen molar-refractivity contribution in [2.45, 2.75) is 49.9 Å². The third-order valence-corrected chi connectivity index (χ3v) is 8.68. The number of nitrogens with two attached hydrogens (primary N) is 1. The molecule has 0 radical (unpaired) electrons. The number of alkyl halides is 1. The molecule has 4 aliphatic rings. The number of aromatic amines is 1. The zero-order valence-corrected chi connectivity index (χ0v) is 22.2. The number of aromatic nitrogens is 2. The number of halogens is 1. The molecule has 3 N–H and O–H groups in total. The van der Waals surface area contributed by atoms with Gasteiger partial charge in [-0.3, -0.25) is 28.8 Å². The smallest absolute Gasteiger partial charge is 0.330 e. The summed E-state index contributed by atoms with van der Waals surface area (Å²) in [6, 6.07) is 9.12. The highest BCUT2D eigenvalue weighted by Gasteiger charge is 2.60. The second kappa shape index (κ2) is 10.2. The first-order chi connectivity index (χ1) is 18.1. The Kier molecular flexibility index (Phi) is 7.13. The lowest BCUT2D eigenvalue weighted by Crippen LogP contribution is -2.56. The molecular formula is C27H33ClN4O6. The summed E-state index contributed by atoms with van der Waals surface area (Å²) in [5, 5.41) is 0. The van der Waals surface area contributed by atoms with Gasteiger partial charge in [0.1, 0.15) is 5.82 Å². The number of nitrogens with zero attached hydrogens (tertiary/aromatic N) is 2. The fourth-order valence-electron chi connectivity index (χ4n) is 7.05. The van der Waals surface area contributed by atoms with Gasteiger partial charge in [0.25, 0.3) is 11.5 Å². The van der Waals surface area contributed by atoms with Gasteiger partial charge < -0.3 is 15.2 Å². The summed E-state index contributed by atoms with van der Waals surface area (Å²) < 4.78 is 11.9. The van der Waals surface area contributed by atoms with E-state index in [4.69, 9.17) is 26.8 Å². The minimum Gasteiger partial charge on any atom is -0.455 e. The molecule has 38 heavy (non-hydrogen) atoms. The highest BCUT2D eigenvalue weighted by atomic mass is 35.5. The van der Waals surface area contributed by atoms with E-state index >= 15 is 0 Å². The quantitative estimate of drug-likeness (QED) is 0.365. The van der Waals surface area contributed by atoms with Crippen molar-refractivity contribution in [3.63, 3.8) is 0 Å². The number of esters is 1. The maximum Gasteiger partial charge on any atom is 0.330 e. The Bertz CT molecular complexity index is 1330. The van der Waals surface area contributed by atoms with Crippen molar-refractivity contribution in [1.29, 1.82) is 0 Å². The Labute approximate surface area is 225 Å². The number of carbonyl (C=O) groups is 2. The van der Waals surface area contributed by atoms with Crippen LogP contribution in [0.15, 0.2) is 39.9 Å². The molecule has 204 valence electrons. The first-order valence-corrected chi connectivity index (χ1v) is 13.3. The second-order valence-corrected chi connectivity index (χ2v) is 11.9. The lowest BCUT2D eigenvalue weighted by Gasteiger charge is -2.58. The van der Waals surface area contributed by atoms with E-state index in [1.807, 2.05) is 30.3 Å². The van der Waals surface area contributed by atoms with Crippen LogP contribution in [0.3, 0.4) is 0 Å². The van der Waals surface area contributed by atoms with Crippen molar-refractivity contribution in [3.8, 4) is 0 Å². The molecule has 11 heteroatoms. The minimum atomic E-state index is -0.808. The van der Waals surface area contributed by atoms with Crippen LogP contribution in [0.2, 0.25) is 0 Å². The molecule has 4 saturated carbocycles. The lowest BCUT2D eigenvalue weighted by atomic mass is 9.49. The van der Waals surface area contributed by atoms with Gasteiger partial charge in [0, 0.05) is 18.5 Å². The summed E-state index contributed by atoms with van der Waals surface area (Å²) >= 11 is 6.86. The molecule has 1 amide bonds. The zero-order valence-electron chi connectivity index (χ0n) is 21.4. The van der Waals surface area contributed by atoms with Crippen LogP contribution in [0.1, 0.15) is 44.1 Å². The molecule has 0 saturated heterocycles. The van der Waals surface area contributed by atoms with Crippen molar-refractivity contribution in [1.82, 2.24) is 9.55 Å². The Morgan fingerprint density at radius 2 is 1.84 bits per heavy atom. The summed E-state index contributed by atoms with van der Waals surface area (Å²) in [4.78, 5) is 55.2. The molecule has 4 bridgehead atoms. The molecule has 0 spiro atoms. The van der Waals surface area contributed by atoms with Crippen molar-refractivity contribution in [2.24, 2.45) is 17.3 Å². The molecular weight excluding hydrogens is 512 g/mol. The number of rotatable bonds is 9. The van der Waals surface area contributed by atoms with Crippen LogP contribution in [-0.4, -0.2) is 53.2 Å². The van der Waals surface area contributed by atoms with E-state index in [2.05, 4.69) is 4.98 Å². The molecule has 4 aliphatic carbocycles. The van der Waals surface area contributed by atoms with Crippen molar-refractivity contribution in [2.75, 3.05) is 37.5 Å². The van der Waals surface area contributed by atoms with Crippen molar-refractivity contribution >= 4 is 35.0 Å². The standard InChI is InChI=1S/C27H33ClN4O6/c1-37-8-7-31(21-22(29)32(25(36)30-23(21)34)14-17-5-3-2-4-6-17)20(33)15-38-24(35)26-10-18-9-19(11-26)13-27(28,12-18)16-26/h2-6,18-19H,7-16,29H2,1H3,(H,30,34,36)/t18-,19-,26?,27?/m0/s1. The van der Waals surface area contributed by atoms with E-state index in [1.165, 1.54) is 11.7 Å². The first-order valence-electron chi connectivity index (χ1n) is 12.9. The van der Waals surface area contributed by atoms with Crippen LogP contribution in [0.4, 0.5) is 11.5 Å². The lowest BCUT2D eigenvalue weighted by molar-refractivity contribution is -0.171. The maximum atomic E-state index is 13.4. The summed E-state index contributed by atoms with van der Waals surface area (Å²) in [5.74, 6) is -0.405. The van der Waals surface area contributed by atoms with Crippen LogP contribution >= 0.6 is 11.6 Å². The minimum absolute atomic E-state index is 0.0240. The molecule has 10 nitrogen and oxygen atoms in total. The van der Waals surface area contributed by atoms with Gasteiger partial charge in [-0.15, -0.1) is 11.6 Å². The highest BCUT2D eigenvalue weighted by molar-refractivity contribution is 6.24. The van der Waals surface area contributed by atoms with Gasteiger partial charge in [0.2, 0.25) is 0 Å². The van der Waals surface area contributed by atoms with Crippen LogP contribution in [-0.2, 0) is 25.6 Å². The summed E-state index contributed by atoms with van der Waals surface area (Å²) in [6.07, 6.45) is 4.96. The van der Waals surface area contributed by atoms with Crippen LogP contribution in [0.25, 0.3) is 0 Å². The SMILES string of the molecule is COCCN(C(=O)COC(=O)C12C[C@@H]3C[C@H](CC(Cl)(C3)C1)C2)c1c(N)n(Cc2ccccc2)c(=O)[nH]c1=O. The topological polar surface area (TPSA) is 137 Å². The maximum absolute atomic E-state index is 13.4. The number of amides is 1. The fraction of sp³-hybridized carbons (Fsp3) is 0.556. The summed E-state index contributed by atoms with van der Waals surface area (Å²) in [6.45, 7) is -0.393. The average molecular weight is 545 g/mol. The zero-order chi connectivity index (χ0) is 27.1. The molecule has 6 rings (SSSR count). The Hall–Kier alpha value is -3.11. The van der Waals surface area contributed by atoms with Crippen molar-refractivity contribution in [3.05, 3.63) is 56.7 Å². The average Bonchev–Trinajstić information content (AvgIpc) is 2.86. The predicted octanol–water partition coefficient (Wildman–Crippen LogP) is 2.27. The van der Waals surface area contributed by atoms with E-state index < -0.39 is 35.1 Å². The summed E-state index contributed by atoms with van der Waals surface area (Å²) in [7, 11) is 1.46. The first kappa shape index (κ1) is 26.5. The molecule has 1 aromatic heterocycles. The van der Waals surface area contributed by atoms with Crippen LogP contribution < -0.4 is 21.9 Å². The van der Waals surface area contributed by atoms with E-state index in [0.717, 1.165) is 42.6 Å². The third-order valence-electron chi connectivity index (χ3n) is 8.24. The van der Waals surface area contributed by atoms with Gasteiger partial charge in [-0.2, -0.15) is 0 Å². The van der Waals surface area contributed by atoms with Crippen LogP contribution in [0.5, 0.6) is 0 Å². The number of nitrogen functional groups attached to an aromatic ring is 1. The molecule has 1 aromatic carbocycles. The third kappa shape index (κ3) is 4.99. The number of nitrogens with one attached hydrogen (secondary N) is 1. The Balaban J connectivity index is 1.37. The van der Waals surface area contributed by atoms with E-state index in [9.17, 15) is 19.2 Å².